The zero-order valence-corrected chi connectivity index (χ0v) is 9.79. The van der Waals surface area contributed by atoms with E-state index in [1.807, 2.05) is 7.05 Å². The molecule has 0 saturated carbocycles. The minimum Gasteiger partial charge on any atom is -0.497 e. The van der Waals surface area contributed by atoms with Gasteiger partial charge in [0.1, 0.15) is 17.3 Å². The number of hydrogen-bond acceptors (Lipinski definition) is 3. The van der Waals surface area contributed by atoms with Crippen molar-refractivity contribution in [3.8, 4) is 16.9 Å². The third-order valence-electron chi connectivity index (χ3n) is 2.55. The van der Waals surface area contributed by atoms with Gasteiger partial charge in [0.2, 0.25) is 0 Å². The van der Waals surface area contributed by atoms with Crippen LogP contribution in [0, 0.1) is 5.82 Å². The summed E-state index contributed by atoms with van der Waals surface area (Å²) in [7, 11) is 3.33. The topological polar surface area (TPSA) is 34.4 Å². The minimum absolute atomic E-state index is 0.317. The number of hydrogen-bond donors (Lipinski definition) is 1. The Balaban J connectivity index is 2.42. The Kier molecular flexibility index (Phi) is 3.44. The quantitative estimate of drug-likeness (QED) is 0.884. The molecule has 17 heavy (non-hydrogen) atoms. The second-order valence-electron chi connectivity index (χ2n) is 3.63. The van der Waals surface area contributed by atoms with E-state index in [9.17, 15) is 4.39 Å². The fraction of sp³-hybridized carbons (Fsp3) is 0.231. The van der Waals surface area contributed by atoms with Crippen molar-refractivity contribution in [2.75, 3.05) is 14.2 Å². The van der Waals surface area contributed by atoms with Crippen molar-refractivity contribution in [1.82, 2.24) is 5.32 Å². The second-order valence-corrected chi connectivity index (χ2v) is 3.63. The molecule has 0 aliphatic rings. The van der Waals surface area contributed by atoms with E-state index in [0.717, 1.165) is 11.3 Å². The summed E-state index contributed by atoms with van der Waals surface area (Å²) in [6.45, 7) is 0.563. The fourth-order valence-electron chi connectivity index (χ4n) is 1.72. The molecule has 2 rings (SSSR count). The molecular weight excluding hydrogens is 221 g/mol. The van der Waals surface area contributed by atoms with E-state index >= 15 is 0 Å². The Morgan fingerprint density at radius 1 is 1.29 bits per heavy atom. The van der Waals surface area contributed by atoms with Crippen LogP contribution >= 0.6 is 0 Å². The molecular formula is C13H14FNO2. The normalized spacial score (nSPS) is 10.5. The first-order chi connectivity index (χ1) is 8.26. The second kappa shape index (κ2) is 5.01. The summed E-state index contributed by atoms with van der Waals surface area (Å²) in [5.41, 5.74) is 1.28. The third kappa shape index (κ3) is 2.31. The molecule has 0 radical (unpaired) electrons. The molecule has 1 heterocycles. The molecule has 3 nitrogen and oxygen atoms in total. The molecule has 0 amide bonds. The van der Waals surface area contributed by atoms with E-state index in [1.165, 1.54) is 13.2 Å². The molecule has 1 aromatic heterocycles. The van der Waals surface area contributed by atoms with Gasteiger partial charge in [0.25, 0.3) is 0 Å². The van der Waals surface area contributed by atoms with Crippen molar-refractivity contribution in [2.45, 2.75) is 6.54 Å². The molecule has 90 valence electrons. The van der Waals surface area contributed by atoms with Gasteiger partial charge in [-0.2, -0.15) is 0 Å². The Bertz CT molecular complexity index is 508. The van der Waals surface area contributed by atoms with Crippen LogP contribution in [0.25, 0.3) is 11.1 Å². The van der Waals surface area contributed by atoms with Gasteiger partial charge < -0.3 is 14.5 Å². The van der Waals surface area contributed by atoms with Gasteiger partial charge in [-0.05, 0) is 25.2 Å². The van der Waals surface area contributed by atoms with Crippen molar-refractivity contribution in [3.63, 3.8) is 0 Å². The first kappa shape index (κ1) is 11.7. The van der Waals surface area contributed by atoms with Gasteiger partial charge in [-0.25, -0.2) is 4.39 Å². The standard InChI is InChI=1S/C13H14FNO2/c1-15-8-13-11(5-6-17-13)10-4-3-9(16-2)7-12(10)14/h3-7,15H,8H2,1-2H3. The number of rotatable bonds is 4. The lowest BCUT2D eigenvalue weighted by Gasteiger charge is -2.06. The van der Waals surface area contributed by atoms with Crippen molar-refractivity contribution in [3.05, 3.63) is 42.1 Å². The summed E-state index contributed by atoms with van der Waals surface area (Å²) in [4.78, 5) is 0. The van der Waals surface area contributed by atoms with Gasteiger partial charge >= 0.3 is 0 Å². The lowest BCUT2D eigenvalue weighted by atomic mass is 10.1. The Morgan fingerprint density at radius 3 is 2.76 bits per heavy atom. The van der Waals surface area contributed by atoms with Crippen LogP contribution in [0.15, 0.2) is 34.9 Å². The highest BCUT2D eigenvalue weighted by Gasteiger charge is 2.12. The van der Waals surface area contributed by atoms with E-state index in [2.05, 4.69) is 5.32 Å². The molecule has 0 atom stereocenters. The van der Waals surface area contributed by atoms with Gasteiger partial charge in [0.05, 0.1) is 19.9 Å². The van der Waals surface area contributed by atoms with Gasteiger partial charge in [-0.3, -0.25) is 0 Å². The van der Waals surface area contributed by atoms with Crippen molar-refractivity contribution in [2.24, 2.45) is 0 Å². The Labute approximate surface area is 99.2 Å². The molecule has 0 unspecified atom stereocenters. The van der Waals surface area contributed by atoms with Crippen LogP contribution in [0.5, 0.6) is 5.75 Å². The number of ether oxygens (including phenoxy) is 1. The number of benzene rings is 1. The highest BCUT2D eigenvalue weighted by molar-refractivity contribution is 5.66. The van der Waals surface area contributed by atoms with E-state index in [0.29, 0.717) is 17.9 Å². The fourth-order valence-corrected chi connectivity index (χ4v) is 1.72. The van der Waals surface area contributed by atoms with Gasteiger partial charge in [0.15, 0.2) is 0 Å². The van der Waals surface area contributed by atoms with Crippen LogP contribution in [0.2, 0.25) is 0 Å². The first-order valence-corrected chi connectivity index (χ1v) is 5.31. The zero-order chi connectivity index (χ0) is 12.3. The van der Waals surface area contributed by atoms with Crippen molar-refractivity contribution < 1.29 is 13.5 Å². The molecule has 0 bridgehead atoms. The van der Waals surface area contributed by atoms with Crippen LogP contribution in [0.4, 0.5) is 4.39 Å². The Hall–Kier alpha value is -1.81. The monoisotopic (exact) mass is 235 g/mol. The molecule has 1 N–H and O–H groups in total. The van der Waals surface area contributed by atoms with Crippen molar-refractivity contribution in [1.29, 1.82) is 0 Å². The predicted molar refractivity (Wildman–Crippen MR) is 63.4 cm³/mol. The van der Waals surface area contributed by atoms with Crippen LogP contribution in [0.3, 0.4) is 0 Å². The number of furan rings is 1. The van der Waals surface area contributed by atoms with Crippen LogP contribution in [-0.4, -0.2) is 14.2 Å². The Morgan fingerprint density at radius 2 is 2.12 bits per heavy atom. The van der Waals surface area contributed by atoms with Gasteiger partial charge in [-0.1, -0.05) is 0 Å². The first-order valence-electron chi connectivity index (χ1n) is 5.31. The maximum atomic E-state index is 13.9. The van der Waals surface area contributed by atoms with E-state index in [4.69, 9.17) is 9.15 Å². The third-order valence-corrected chi connectivity index (χ3v) is 2.55. The SMILES string of the molecule is CNCc1occc1-c1ccc(OC)cc1F. The lowest BCUT2D eigenvalue weighted by Crippen LogP contribution is -2.05. The number of nitrogens with one attached hydrogen (secondary N) is 1. The predicted octanol–water partition coefficient (Wildman–Crippen LogP) is 2.81. The molecule has 0 aliphatic heterocycles. The number of methoxy groups -OCH3 is 1. The lowest BCUT2D eigenvalue weighted by molar-refractivity contribution is 0.411. The maximum absolute atomic E-state index is 13.9. The van der Waals surface area contributed by atoms with Gasteiger partial charge in [-0.15, -0.1) is 0 Å². The summed E-state index contributed by atoms with van der Waals surface area (Å²) in [5.74, 6) is 0.907. The molecule has 0 spiro atoms. The van der Waals surface area contributed by atoms with Crippen molar-refractivity contribution >= 4 is 0 Å². The van der Waals surface area contributed by atoms with Crippen LogP contribution in [0.1, 0.15) is 5.76 Å². The summed E-state index contributed by atoms with van der Waals surface area (Å²) < 4.78 is 24.2. The molecule has 0 saturated heterocycles. The smallest absolute Gasteiger partial charge is 0.134 e. The van der Waals surface area contributed by atoms with Crippen LogP contribution in [-0.2, 0) is 6.54 Å². The van der Waals surface area contributed by atoms with E-state index in [-0.39, 0.29) is 5.82 Å². The van der Waals surface area contributed by atoms with E-state index < -0.39 is 0 Å². The number of halogens is 1. The highest BCUT2D eigenvalue weighted by Crippen LogP contribution is 2.29. The average molecular weight is 235 g/mol. The maximum Gasteiger partial charge on any atom is 0.134 e. The molecule has 0 aliphatic carbocycles. The van der Waals surface area contributed by atoms with Gasteiger partial charge in [0, 0.05) is 17.2 Å². The highest BCUT2D eigenvalue weighted by atomic mass is 19.1. The summed E-state index contributed by atoms with van der Waals surface area (Å²) in [5, 5.41) is 2.98. The molecule has 2 aromatic rings. The molecule has 0 fully saturated rings. The summed E-state index contributed by atoms with van der Waals surface area (Å²) in [6.07, 6.45) is 1.56. The largest absolute Gasteiger partial charge is 0.497 e. The average Bonchev–Trinajstić information content (AvgIpc) is 2.77. The summed E-state index contributed by atoms with van der Waals surface area (Å²) >= 11 is 0. The minimum atomic E-state index is -0.317. The van der Waals surface area contributed by atoms with E-state index in [1.54, 1.807) is 24.5 Å². The van der Waals surface area contributed by atoms with Crippen LogP contribution < -0.4 is 10.1 Å². The molecule has 4 heteroatoms. The molecule has 1 aromatic carbocycles. The summed E-state index contributed by atoms with van der Waals surface area (Å²) in [6, 6.07) is 6.55. The zero-order valence-electron chi connectivity index (χ0n) is 9.79.